The van der Waals surface area contributed by atoms with Crippen LogP contribution in [0.15, 0.2) is 12.2 Å². The smallest absolute Gasteiger partial charge is 0.212 e. The lowest BCUT2D eigenvalue weighted by Gasteiger charge is -1.74. The van der Waals surface area contributed by atoms with E-state index in [1.54, 1.807) is 12.2 Å². The summed E-state index contributed by atoms with van der Waals surface area (Å²) in [5, 5.41) is 0. The fourth-order valence-electron chi connectivity index (χ4n) is 0.409. The Morgan fingerprint density at radius 2 is 2.57 bits per heavy atom. The van der Waals surface area contributed by atoms with Crippen molar-refractivity contribution < 1.29 is 4.79 Å². The highest BCUT2D eigenvalue weighted by molar-refractivity contribution is 5.90. The van der Waals surface area contributed by atoms with Gasteiger partial charge < -0.3 is 0 Å². The van der Waals surface area contributed by atoms with E-state index in [9.17, 15) is 4.79 Å². The van der Waals surface area contributed by atoms with Crippen LogP contribution < -0.4 is 4.99 Å². The first kappa shape index (κ1) is 4.24. The molecule has 2 nitrogen and oxygen atoms in total. The fraction of sp³-hybridized carbons (Fsp3) is 0.200. The Hall–Kier alpha value is -0.920. The number of nitrogens with zero attached hydrogens (tertiary/aromatic N) is 1. The third kappa shape index (κ3) is 0.961. The number of hydrogen-bond donors (Lipinski definition) is 0. The molecule has 0 atom stereocenters. The van der Waals surface area contributed by atoms with Gasteiger partial charge in [-0.3, -0.25) is 0 Å². The Morgan fingerprint density at radius 3 is 2.86 bits per heavy atom. The van der Waals surface area contributed by atoms with Crippen LogP contribution in [0.4, 0.5) is 0 Å². The Bertz CT molecular complexity index is 135. The van der Waals surface area contributed by atoms with E-state index in [4.69, 9.17) is 0 Å². The van der Waals surface area contributed by atoms with E-state index in [0.717, 1.165) is 0 Å². The van der Waals surface area contributed by atoms with Gasteiger partial charge in [0.1, 0.15) is 4.99 Å². The van der Waals surface area contributed by atoms with Crippen molar-refractivity contribution in [3.8, 4) is 0 Å². The van der Waals surface area contributed by atoms with Gasteiger partial charge >= 0.3 is 5.91 Å². The highest BCUT2D eigenvalue weighted by atomic mass is 16.1. The van der Waals surface area contributed by atoms with Gasteiger partial charge in [0.15, 0.2) is 0 Å². The molecule has 1 aliphatic heterocycles. The summed E-state index contributed by atoms with van der Waals surface area (Å²) < 4.78 is 0. The molecule has 35 valence electrons. The Labute approximate surface area is 41.6 Å². The molecule has 1 amide bonds. The van der Waals surface area contributed by atoms with Crippen molar-refractivity contribution in [2.45, 2.75) is 6.42 Å². The zero-order valence-electron chi connectivity index (χ0n) is 3.79. The molecule has 7 heavy (non-hydrogen) atoms. The van der Waals surface area contributed by atoms with E-state index in [1.807, 2.05) is 0 Å². The molecule has 0 unspecified atom stereocenters. The van der Waals surface area contributed by atoms with Crippen LogP contribution in [0.2, 0.25) is 0 Å². The lowest BCUT2D eigenvalue weighted by Crippen LogP contribution is -2.06. The number of allylic oxidation sites excluding steroid dienone is 1. The molecule has 0 saturated carbocycles. The molecule has 0 aromatic carbocycles. The van der Waals surface area contributed by atoms with E-state index >= 15 is 0 Å². The number of carbonyl (C=O) groups excluding carboxylic acids is 1. The van der Waals surface area contributed by atoms with Crippen molar-refractivity contribution in [2.75, 3.05) is 0 Å². The maximum absolute atomic E-state index is 10.2. The summed E-state index contributed by atoms with van der Waals surface area (Å²) >= 11 is 0. The molecule has 1 heterocycles. The Balaban J connectivity index is 2.66. The third-order valence-corrected chi connectivity index (χ3v) is 0.733. The molecule has 0 aromatic heterocycles. The standard InChI is InChI=1S/C5H5NO/c7-5-3-1-2-4-6-5/h1-2,4H,3H2/q+1. The van der Waals surface area contributed by atoms with E-state index in [2.05, 4.69) is 4.99 Å². The lowest BCUT2D eigenvalue weighted by molar-refractivity contribution is -0.118. The van der Waals surface area contributed by atoms with E-state index in [1.165, 1.54) is 6.21 Å². The molecule has 1 rings (SSSR count). The molecular weight excluding hydrogens is 90.1 g/mol. The second-order valence-electron chi connectivity index (χ2n) is 1.30. The summed E-state index contributed by atoms with van der Waals surface area (Å²) in [6, 6.07) is 0. The predicted molar refractivity (Wildman–Crippen MR) is 27.0 cm³/mol. The number of aliphatic imine (C=N–C) groups is 1. The van der Waals surface area contributed by atoms with Crippen LogP contribution in [0, 0.1) is 0 Å². The number of rotatable bonds is 0. The highest BCUT2D eigenvalue weighted by Crippen LogP contribution is 1.83. The van der Waals surface area contributed by atoms with Crippen molar-refractivity contribution in [3.05, 3.63) is 12.2 Å². The number of hydrogen-bond acceptors (Lipinski definition) is 1. The molecule has 1 radical (unpaired) electrons. The summed E-state index contributed by atoms with van der Waals surface area (Å²) in [4.78, 5) is 13.7. The summed E-state index contributed by atoms with van der Waals surface area (Å²) in [6.45, 7) is 0. The molecule has 0 saturated heterocycles. The van der Waals surface area contributed by atoms with Crippen LogP contribution in [0.25, 0.3) is 0 Å². The van der Waals surface area contributed by atoms with Gasteiger partial charge in [0.25, 0.3) is 0 Å². The minimum Gasteiger partial charge on any atom is -0.212 e. The van der Waals surface area contributed by atoms with Crippen molar-refractivity contribution in [1.29, 1.82) is 0 Å². The van der Waals surface area contributed by atoms with Crippen LogP contribution in [-0.2, 0) is 4.79 Å². The minimum absolute atomic E-state index is 0.0532. The third-order valence-electron chi connectivity index (χ3n) is 0.733. The van der Waals surface area contributed by atoms with Gasteiger partial charge in [-0.2, -0.15) is 0 Å². The van der Waals surface area contributed by atoms with E-state index in [-0.39, 0.29) is 5.91 Å². The van der Waals surface area contributed by atoms with Crippen molar-refractivity contribution in [1.82, 2.24) is 4.99 Å². The van der Waals surface area contributed by atoms with Gasteiger partial charge in [-0.05, 0) is 0 Å². The van der Waals surface area contributed by atoms with Gasteiger partial charge in [0, 0.05) is 6.08 Å². The lowest BCUT2D eigenvalue weighted by atomic mass is 10.3. The normalized spacial score (nSPS) is 18.0. The molecule has 0 bridgehead atoms. The summed E-state index contributed by atoms with van der Waals surface area (Å²) in [5.74, 6) is -0.0532. The number of amides is 1. The SMILES string of the molecule is O=C1CC=CC=[N+]1. The number of dihydropyridines is 1. The summed E-state index contributed by atoms with van der Waals surface area (Å²) in [5.41, 5.74) is 0. The van der Waals surface area contributed by atoms with E-state index in [0.29, 0.717) is 6.42 Å². The monoisotopic (exact) mass is 95.0 g/mol. The summed E-state index contributed by atoms with van der Waals surface area (Å²) in [7, 11) is 0. The molecule has 0 spiro atoms. The minimum atomic E-state index is -0.0532. The Kier molecular flexibility index (Phi) is 1.02. The fourth-order valence-corrected chi connectivity index (χ4v) is 0.409. The molecular formula is C5H5NO+. The number of carbonyl (C=O) groups is 1. The molecule has 1 aliphatic rings. The molecule has 0 fully saturated rings. The molecule has 2 heteroatoms. The maximum atomic E-state index is 10.2. The first-order chi connectivity index (χ1) is 3.39. The quantitative estimate of drug-likeness (QED) is 0.412. The molecule has 0 aromatic rings. The van der Waals surface area contributed by atoms with E-state index < -0.39 is 0 Å². The second-order valence-corrected chi connectivity index (χ2v) is 1.30. The van der Waals surface area contributed by atoms with Gasteiger partial charge in [-0.15, -0.1) is 0 Å². The van der Waals surface area contributed by atoms with Crippen LogP contribution in [0.5, 0.6) is 0 Å². The highest BCUT2D eigenvalue weighted by Gasteiger charge is 2.09. The largest absolute Gasteiger partial charge is 0.455 e. The maximum Gasteiger partial charge on any atom is 0.455 e. The summed E-state index contributed by atoms with van der Waals surface area (Å²) in [6.07, 6.45) is 5.53. The van der Waals surface area contributed by atoms with Gasteiger partial charge in [-0.1, -0.05) is 6.08 Å². The van der Waals surface area contributed by atoms with Crippen LogP contribution in [0.1, 0.15) is 6.42 Å². The topological polar surface area (TPSA) is 31.2 Å². The van der Waals surface area contributed by atoms with Crippen LogP contribution in [0.3, 0.4) is 0 Å². The Morgan fingerprint density at radius 1 is 1.71 bits per heavy atom. The second kappa shape index (κ2) is 1.69. The van der Waals surface area contributed by atoms with Gasteiger partial charge in [-0.25, -0.2) is 4.79 Å². The van der Waals surface area contributed by atoms with Gasteiger partial charge in [0.05, 0.1) is 6.42 Å². The molecule has 0 aliphatic carbocycles. The average Bonchev–Trinajstić information content (AvgIpc) is 1.69. The van der Waals surface area contributed by atoms with Crippen LogP contribution in [-0.4, -0.2) is 12.1 Å². The van der Waals surface area contributed by atoms with Gasteiger partial charge in [0.2, 0.25) is 6.21 Å². The zero-order chi connectivity index (χ0) is 5.11. The van der Waals surface area contributed by atoms with Crippen molar-refractivity contribution in [2.24, 2.45) is 0 Å². The first-order valence-corrected chi connectivity index (χ1v) is 2.11. The van der Waals surface area contributed by atoms with Crippen LogP contribution >= 0.6 is 0 Å². The zero-order valence-corrected chi connectivity index (χ0v) is 3.79. The predicted octanol–water partition coefficient (Wildman–Crippen LogP) is -0.121. The van der Waals surface area contributed by atoms with Crippen molar-refractivity contribution >= 4 is 12.1 Å². The molecule has 0 N–H and O–H groups in total. The first-order valence-electron chi connectivity index (χ1n) is 2.11. The van der Waals surface area contributed by atoms with Crippen molar-refractivity contribution in [3.63, 3.8) is 0 Å². The average molecular weight is 95.1 g/mol.